The first-order valence-electron chi connectivity index (χ1n) is 5.69. The third-order valence-electron chi connectivity index (χ3n) is 2.16. The molecule has 0 N–H and O–H groups in total. The highest BCUT2D eigenvalue weighted by atomic mass is 16.5. The summed E-state index contributed by atoms with van der Waals surface area (Å²) in [6, 6.07) is 7.49. The zero-order chi connectivity index (χ0) is 12.5. The van der Waals surface area contributed by atoms with E-state index in [1.807, 2.05) is 31.2 Å². The number of hydrogen-bond donors (Lipinski definition) is 0. The van der Waals surface area contributed by atoms with Gasteiger partial charge in [0, 0.05) is 6.42 Å². The van der Waals surface area contributed by atoms with Crippen LogP contribution >= 0.6 is 0 Å². The van der Waals surface area contributed by atoms with E-state index in [1.54, 1.807) is 0 Å². The predicted octanol–water partition coefficient (Wildman–Crippen LogP) is 2.42. The topological polar surface area (TPSA) is 44.8 Å². The number of benzene rings is 1. The first kappa shape index (κ1) is 13.4. The van der Waals surface area contributed by atoms with Crippen molar-refractivity contribution in [2.45, 2.75) is 19.8 Å². The van der Waals surface area contributed by atoms with E-state index >= 15 is 0 Å². The Kier molecular flexibility index (Phi) is 5.93. The van der Waals surface area contributed by atoms with Crippen molar-refractivity contribution in [1.82, 2.24) is 0 Å². The molecular formula is C13H18O4. The van der Waals surface area contributed by atoms with E-state index in [4.69, 9.17) is 9.47 Å². The van der Waals surface area contributed by atoms with Crippen LogP contribution in [0.4, 0.5) is 0 Å². The Labute approximate surface area is 101 Å². The van der Waals surface area contributed by atoms with Crippen LogP contribution in [-0.4, -0.2) is 26.3 Å². The third-order valence-corrected chi connectivity index (χ3v) is 2.16. The van der Waals surface area contributed by atoms with Crippen LogP contribution in [0.2, 0.25) is 0 Å². The Balaban J connectivity index is 2.38. The van der Waals surface area contributed by atoms with E-state index in [0.717, 1.165) is 5.75 Å². The highest BCUT2D eigenvalue weighted by Crippen LogP contribution is 2.26. The average Bonchev–Trinajstić information content (AvgIpc) is 2.36. The lowest BCUT2D eigenvalue weighted by Gasteiger charge is -2.11. The molecule has 1 rings (SSSR count). The standard InChI is InChI=1S/C13H18O4/c1-3-16-11-7-4-5-8-12(11)17-10-6-9-13(14)15-2/h4-5,7-8H,3,6,9-10H2,1-2H3. The van der Waals surface area contributed by atoms with E-state index < -0.39 is 0 Å². The average molecular weight is 238 g/mol. The molecule has 0 aliphatic heterocycles. The molecule has 94 valence electrons. The summed E-state index contributed by atoms with van der Waals surface area (Å²) in [7, 11) is 1.38. The molecule has 1 aromatic rings. The van der Waals surface area contributed by atoms with E-state index in [-0.39, 0.29) is 5.97 Å². The molecule has 0 fully saturated rings. The largest absolute Gasteiger partial charge is 0.490 e. The van der Waals surface area contributed by atoms with Crippen molar-refractivity contribution in [3.05, 3.63) is 24.3 Å². The fourth-order valence-electron chi connectivity index (χ4n) is 1.34. The number of carbonyl (C=O) groups excluding carboxylic acids is 1. The maximum atomic E-state index is 10.9. The second-order valence-electron chi connectivity index (χ2n) is 3.41. The molecule has 0 heterocycles. The van der Waals surface area contributed by atoms with Crippen molar-refractivity contribution in [2.24, 2.45) is 0 Å². The number of hydrogen-bond acceptors (Lipinski definition) is 4. The highest BCUT2D eigenvalue weighted by molar-refractivity contribution is 5.69. The zero-order valence-corrected chi connectivity index (χ0v) is 10.3. The van der Waals surface area contributed by atoms with E-state index in [0.29, 0.717) is 31.8 Å². The number of carbonyl (C=O) groups is 1. The molecule has 17 heavy (non-hydrogen) atoms. The van der Waals surface area contributed by atoms with Crippen LogP contribution in [-0.2, 0) is 9.53 Å². The van der Waals surface area contributed by atoms with Crippen molar-refractivity contribution in [2.75, 3.05) is 20.3 Å². The summed E-state index contributed by atoms with van der Waals surface area (Å²) in [6.07, 6.45) is 1.00. The first-order chi connectivity index (χ1) is 8.27. The monoisotopic (exact) mass is 238 g/mol. The Morgan fingerprint density at radius 3 is 2.41 bits per heavy atom. The second-order valence-corrected chi connectivity index (χ2v) is 3.41. The summed E-state index contributed by atoms with van der Waals surface area (Å²) >= 11 is 0. The van der Waals surface area contributed by atoms with Gasteiger partial charge >= 0.3 is 5.97 Å². The fourth-order valence-corrected chi connectivity index (χ4v) is 1.34. The molecule has 0 atom stereocenters. The Bertz CT molecular complexity index is 349. The van der Waals surface area contributed by atoms with Crippen LogP contribution in [0, 0.1) is 0 Å². The minimum Gasteiger partial charge on any atom is -0.490 e. The molecule has 0 saturated carbocycles. The SMILES string of the molecule is CCOc1ccccc1OCCCC(=O)OC. The molecule has 0 amide bonds. The summed E-state index contributed by atoms with van der Waals surface area (Å²) in [6.45, 7) is 3.00. The van der Waals surface area contributed by atoms with Gasteiger partial charge in [-0.3, -0.25) is 4.79 Å². The molecule has 0 saturated heterocycles. The Morgan fingerprint density at radius 1 is 1.18 bits per heavy atom. The van der Waals surface area contributed by atoms with Crippen molar-refractivity contribution in [3.63, 3.8) is 0 Å². The number of rotatable bonds is 7. The molecule has 0 unspecified atom stereocenters. The minimum atomic E-state index is -0.216. The van der Waals surface area contributed by atoms with Gasteiger partial charge in [0.1, 0.15) is 0 Å². The van der Waals surface area contributed by atoms with Crippen LogP contribution in [0.15, 0.2) is 24.3 Å². The van der Waals surface area contributed by atoms with Gasteiger partial charge in [0.15, 0.2) is 11.5 Å². The Hall–Kier alpha value is -1.71. The fraction of sp³-hybridized carbons (Fsp3) is 0.462. The van der Waals surface area contributed by atoms with Crippen molar-refractivity contribution in [1.29, 1.82) is 0 Å². The smallest absolute Gasteiger partial charge is 0.305 e. The van der Waals surface area contributed by atoms with Crippen LogP contribution < -0.4 is 9.47 Å². The van der Waals surface area contributed by atoms with Gasteiger partial charge in [0.2, 0.25) is 0 Å². The van der Waals surface area contributed by atoms with Crippen molar-refractivity contribution in [3.8, 4) is 11.5 Å². The number of para-hydroxylation sites is 2. The maximum Gasteiger partial charge on any atom is 0.305 e. The molecule has 4 nitrogen and oxygen atoms in total. The summed E-state index contributed by atoms with van der Waals surface area (Å²) in [5, 5.41) is 0. The number of ether oxygens (including phenoxy) is 3. The highest BCUT2D eigenvalue weighted by Gasteiger charge is 2.04. The molecule has 0 radical (unpaired) electrons. The molecule has 0 aliphatic rings. The quantitative estimate of drug-likeness (QED) is 0.540. The first-order valence-corrected chi connectivity index (χ1v) is 5.69. The predicted molar refractivity (Wildman–Crippen MR) is 64.4 cm³/mol. The molecule has 0 aromatic heterocycles. The number of esters is 1. The van der Waals surface area contributed by atoms with E-state index in [1.165, 1.54) is 7.11 Å². The van der Waals surface area contributed by atoms with Crippen LogP contribution in [0.25, 0.3) is 0 Å². The van der Waals surface area contributed by atoms with Gasteiger partial charge in [-0.25, -0.2) is 0 Å². The van der Waals surface area contributed by atoms with Gasteiger partial charge in [0.25, 0.3) is 0 Å². The summed E-state index contributed by atoms with van der Waals surface area (Å²) in [4.78, 5) is 10.9. The molecule has 0 spiro atoms. The minimum absolute atomic E-state index is 0.216. The van der Waals surface area contributed by atoms with Crippen LogP contribution in [0.5, 0.6) is 11.5 Å². The Morgan fingerprint density at radius 2 is 1.82 bits per heavy atom. The van der Waals surface area contributed by atoms with Gasteiger partial charge < -0.3 is 14.2 Å². The summed E-state index contributed by atoms with van der Waals surface area (Å²) in [5.41, 5.74) is 0. The summed E-state index contributed by atoms with van der Waals surface area (Å²) < 4.78 is 15.5. The number of methoxy groups -OCH3 is 1. The molecule has 1 aromatic carbocycles. The van der Waals surface area contributed by atoms with E-state index in [9.17, 15) is 4.79 Å². The zero-order valence-electron chi connectivity index (χ0n) is 10.3. The lowest BCUT2D eigenvalue weighted by Crippen LogP contribution is -2.05. The van der Waals surface area contributed by atoms with Gasteiger partial charge in [-0.2, -0.15) is 0 Å². The summed E-state index contributed by atoms with van der Waals surface area (Å²) in [5.74, 6) is 1.22. The van der Waals surface area contributed by atoms with Gasteiger partial charge in [-0.1, -0.05) is 12.1 Å². The van der Waals surface area contributed by atoms with Gasteiger partial charge in [0.05, 0.1) is 20.3 Å². The maximum absolute atomic E-state index is 10.9. The van der Waals surface area contributed by atoms with Crippen molar-refractivity contribution >= 4 is 5.97 Å². The van der Waals surface area contributed by atoms with Crippen molar-refractivity contribution < 1.29 is 19.0 Å². The normalized spacial score (nSPS) is 9.76. The lowest BCUT2D eigenvalue weighted by atomic mass is 10.3. The molecule has 0 aliphatic carbocycles. The third kappa shape index (κ3) is 4.76. The second kappa shape index (κ2) is 7.54. The van der Waals surface area contributed by atoms with Gasteiger partial charge in [-0.05, 0) is 25.5 Å². The lowest BCUT2D eigenvalue weighted by molar-refractivity contribution is -0.140. The molecule has 0 bridgehead atoms. The van der Waals surface area contributed by atoms with Crippen LogP contribution in [0.3, 0.4) is 0 Å². The molecule has 4 heteroatoms. The van der Waals surface area contributed by atoms with Gasteiger partial charge in [-0.15, -0.1) is 0 Å². The molecular weight excluding hydrogens is 220 g/mol. The van der Waals surface area contributed by atoms with Crippen LogP contribution in [0.1, 0.15) is 19.8 Å². The van der Waals surface area contributed by atoms with E-state index in [2.05, 4.69) is 4.74 Å².